The summed E-state index contributed by atoms with van der Waals surface area (Å²) in [6, 6.07) is 7.76. The molecule has 76 valence electrons. The molecule has 5 heteroatoms. The molecule has 0 aliphatic heterocycles. The number of aromatic carboxylic acids is 1. The Balaban J connectivity index is 2.46. The SMILES string of the molecule is O=C(O)c1cnc(-c2ccccc2I)s1. The van der Waals surface area contributed by atoms with Crippen molar-refractivity contribution in [3.8, 4) is 10.6 Å². The van der Waals surface area contributed by atoms with Gasteiger partial charge in [0.15, 0.2) is 0 Å². The lowest BCUT2D eigenvalue weighted by molar-refractivity contribution is 0.0702. The molecule has 0 spiro atoms. The highest BCUT2D eigenvalue weighted by Gasteiger charge is 2.11. The van der Waals surface area contributed by atoms with Crippen LogP contribution in [0.2, 0.25) is 0 Å². The van der Waals surface area contributed by atoms with Gasteiger partial charge in [0.25, 0.3) is 0 Å². The standard InChI is InChI=1S/C10H6INO2S/c11-7-4-2-1-3-6(7)9-12-5-8(15-9)10(13)14/h1-5H,(H,13,14). The molecule has 0 radical (unpaired) electrons. The van der Waals surface area contributed by atoms with Crippen molar-refractivity contribution in [3.63, 3.8) is 0 Å². The number of carboxylic acids is 1. The number of benzene rings is 1. The van der Waals surface area contributed by atoms with Crippen LogP contribution < -0.4 is 0 Å². The highest BCUT2D eigenvalue weighted by Crippen LogP contribution is 2.28. The van der Waals surface area contributed by atoms with E-state index in [4.69, 9.17) is 5.11 Å². The van der Waals surface area contributed by atoms with Crippen LogP contribution in [0.25, 0.3) is 10.6 Å². The molecule has 0 aliphatic rings. The molecule has 2 aromatic rings. The summed E-state index contributed by atoms with van der Waals surface area (Å²) < 4.78 is 1.07. The van der Waals surface area contributed by atoms with E-state index in [-0.39, 0.29) is 4.88 Å². The molecule has 0 amide bonds. The first-order valence-corrected chi connectivity index (χ1v) is 6.02. The van der Waals surface area contributed by atoms with Crippen molar-refractivity contribution in [3.05, 3.63) is 38.9 Å². The highest BCUT2D eigenvalue weighted by atomic mass is 127. The number of aromatic nitrogens is 1. The van der Waals surface area contributed by atoms with Crippen LogP contribution in [0.15, 0.2) is 30.5 Å². The van der Waals surface area contributed by atoms with Crippen molar-refractivity contribution in [2.45, 2.75) is 0 Å². The van der Waals surface area contributed by atoms with Crippen LogP contribution in [-0.2, 0) is 0 Å². The quantitative estimate of drug-likeness (QED) is 0.861. The predicted octanol–water partition coefficient (Wildman–Crippen LogP) is 3.11. The fraction of sp³-hybridized carbons (Fsp3) is 0. The lowest BCUT2D eigenvalue weighted by atomic mass is 10.2. The van der Waals surface area contributed by atoms with Gasteiger partial charge in [-0.25, -0.2) is 9.78 Å². The van der Waals surface area contributed by atoms with Crippen LogP contribution in [0.3, 0.4) is 0 Å². The molecule has 0 unspecified atom stereocenters. The third-order valence-corrected chi connectivity index (χ3v) is 3.78. The van der Waals surface area contributed by atoms with Crippen LogP contribution in [0.5, 0.6) is 0 Å². The maximum Gasteiger partial charge on any atom is 0.347 e. The summed E-state index contributed by atoms with van der Waals surface area (Å²) >= 11 is 3.40. The summed E-state index contributed by atoms with van der Waals surface area (Å²) in [5, 5.41) is 9.53. The fourth-order valence-corrected chi connectivity index (χ4v) is 2.75. The van der Waals surface area contributed by atoms with Gasteiger partial charge in [0, 0.05) is 9.13 Å². The van der Waals surface area contributed by atoms with Crippen molar-refractivity contribution in [2.75, 3.05) is 0 Å². The second-order valence-electron chi connectivity index (χ2n) is 2.81. The highest BCUT2D eigenvalue weighted by molar-refractivity contribution is 14.1. The third-order valence-electron chi connectivity index (χ3n) is 1.82. The molecule has 0 saturated carbocycles. The van der Waals surface area contributed by atoms with E-state index in [0.717, 1.165) is 14.1 Å². The molecule has 1 N–H and O–H groups in total. The molecule has 0 fully saturated rings. The Morgan fingerprint density at radius 1 is 1.40 bits per heavy atom. The summed E-state index contributed by atoms with van der Waals surface area (Å²) in [7, 11) is 0. The molecule has 0 saturated heterocycles. The maximum atomic E-state index is 10.7. The average Bonchev–Trinajstić information content (AvgIpc) is 2.67. The van der Waals surface area contributed by atoms with Crippen molar-refractivity contribution < 1.29 is 9.90 Å². The Morgan fingerprint density at radius 2 is 2.13 bits per heavy atom. The number of hydrogen-bond donors (Lipinski definition) is 1. The maximum absolute atomic E-state index is 10.7. The van der Waals surface area contributed by atoms with Crippen LogP contribution in [0.4, 0.5) is 0 Å². The second-order valence-corrected chi connectivity index (χ2v) is 5.01. The summed E-state index contributed by atoms with van der Waals surface area (Å²) in [5.74, 6) is -0.926. The van der Waals surface area contributed by atoms with Crippen molar-refractivity contribution in [1.29, 1.82) is 0 Å². The number of rotatable bonds is 2. The largest absolute Gasteiger partial charge is 0.477 e. The van der Waals surface area contributed by atoms with E-state index in [2.05, 4.69) is 27.6 Å². The minimum absolute atomic E-state index is 0.268. The monoisotopic (exact) mass is 331 g/mol. The molecule has 1 heterocycles. The zero-order chi connectivity index (χ0) is 10.8. The van der Waals surface area contributed by atoms with E-state index in [1.165, 1.54) is 17.5 Å². The molecule has 3 nitrogen and oxygen atoms in total. The van der Waals surface area contributed by atoms with Crippen LogP contribution in [0.1, 0.15) is 9.67 Å². The summed E-state index contributed by atoms with van der Waals surface area (Å²) in [5.41, 5.74) is 0.982. The summed E-state index contributed by atoms with van der Waals surface area (Å²) in [6.07, 6.45) is 1.39. The smallest absolute Gasteiger partial charge is 0.347 e. The van der Waals surface area contributed by atoms with Gasteiger partial charge in [-0.3, -0.25) is 0 Å². The number of thiazole rings is 1. The van der Waals surface area contributed by atoms with Crippen molar-refractivity contribution >= 4 is 39.9 Å². The lowest BCUT2D eigenvalue weighted by Crippen LogP contribution is -1.89. The molecular formula is C10H6INO2S. The van der Waals surface area contributed by atoms with E-state index < -0.39 is 5.97 Å². The van der Waals surface area contributed by atoms with Crippen molar-refractivity contribution in [2.24, 2.45) is 0 Å². The van der Waals surface area contributed by atoms with Gasteiger partial charge >= 0.3 is 5.97 Å². The van der Waals surface area contributed by atoms with E-state index >= 15 is 0 Å². The first-order chi connectivity index (χ1) is 7.18. The van der Waals surface area contributed by atoms with E-state index in [0.29, 0.717) is 0 Å². The molecule has 0 atom stereocenters. The Hall–Kier alpha value is -0.950. The molecular weight excluding hydrogens is 325 g/mol. The van der Waals surface area contributed by atoms with E-state index in [1.54, 1.807) is 0 Å². The zero-order valence-electron chi connectivity index (χ0n) is 7.48. The van der Waals surface area contributed by atoms with Gasteiger partial charge in [-0.05, 0) is 28.7 Å². The number of nitrogens with zero attached hydrogens (tertiary/aromatic N) is 1. The van der Waals surface area contributed by atoms with Gasteiger partial charge in [0.2, 0.25) is 0 Å². The number of carbonyl (C=O) groups is 1. The minimum Gasteiger partial charge on any atom is -0.477 e. The average molecular weight is 331 g/mol. The van der Waals surface area contributed by atoms with Crippen LogP contribution in [0, 0.1) is 3.57 Å². The predicted molar refractivity (Wildman–Crippen MR) is 67.2 cm³/mol. The zero-order valence-corrected chi connectivity index (χ0v) is 10.4. The van der Waals surface area contributed by atoms with E-state index in [1.807, 2.05) is 24.3 Å². The normalized spacial score (nSPS) is 10.2. The van der Waals surface area contributed by atoms with Crippen molar-refractivity contribution in [1.82, 2.24) is 4.98 Å². The Labute approximate surface area is 104 Å². The Morgan fingerprint density at radius 3 is 2.73 bits per heavy atom. The number of hydrogen-bond acceptors (Lipinski definition) is 3. The number of carboxylic acid groups (broad SMARTS) is 1. The first-order valence-electron chi connectivity index (χ1n) is 4.12. The van der Waals surface area contributed by atoms with Crippen LogP contribution in [-0.4, -0.2) is 16.1 Å². The topological polar surface area (TPSA) is 50.2 Å². The van der Waals surface area contributed by atoms with Gasteiger partial charge in [0.05, 0.1) is 6.20 Å². The molecule has 1 aromatic heterocycles. The van der Waals surface area contributed by atoms with Gasteiger partial charge in [0.1, 0.15) is 9.88 Å². The molecule has 1 aromatic carbocycles. The van der Waals surface area contributed by atoms with Gasteiger partial charge in [-0.2, -0.15) is 0 Å². The third kappa shape index (κ3) is 2.18. The first kappa shape index (κ1) is 10.6. The Kier molecular flexibility index (Phi) is 3.01. The second kappa shape index (κ2) is 4.28. The molecule has 0 bridgehead atoms. The van der Waals surface area contributed by atoms with Gasteiger partial charge in [-0.1, -0.05) is 18.2 Å². The fourth-order valence-electron chi connectivity index (χ4n) is 1.13. The van der Waals surface area contributed by atoms with Gasteiger partial charge in [-0.15, -0.1) is 11.3 Å². The summed E-state index contributed by atoms with van der Waals surface area (Å²) in [6.45, 7) is 0. The Bertz CT molecular complexity index is 510. The van der Waals surface area contributed by atoms with Gasteiger partial charge < -0.3 is 5.11 Å². The molecule has 2 rings (SSSR count). The number of halogens is 1. The van der Waals surface area contributed by atoms with E-state index in [9.17, 15) is 4.79 Å². The molecule has 0 aliphatic carbocycles. The summed E-state index contributed by atoms with van der Waals surface area (Å²) in [4.78, 5) is 15.1. The lowest BCUT2D eigenvalue weighted by Gasteiger charge is -1.98. The minimum atomic E-state index is -0.926. The van der Waals surface area contributed by atoms with Crippen LogP contribution >= 0.6 is 33.9 Å². The molecule has 15 heavy (non-hydrogen) atoms.